The fourth-order valence-corrected chi connectivity index (χ4v) is 3.22. The van der Waals surface area contributed by atoms with Crippen LogP contribution < -0.4 is 0 Å². The van der Waals surface area contributed by atoms with E-state index in [2.05, 4.69) is 13.2 Å². The minimum Gasteiger partial charge on any atom is -0.207 e. The molecule has 1 aromatic rings. The number of alkyl halides is 3. The SMILES string of the molecule is C=CCN(CC=C)S(=O)(=O)c1ccccc1C(F)(F)F. The van der Waals surface area contributed by atoms with Crippen LogP contribution in [0.25, 0.3) is 0 Å². The zero-order valence-corrected chi connectivity index (χ0v) is 11.4. The maximum atomic E-state index is 12.9. The van der Waals surface area contributed by atoms with E-state index in [0.717, 1.165) is 22.5 Å². The molecule has 0 aliphatic rings. The molecule has 0 N–H and O–H groups in total. The average Bonchev–Trinajstić information content (AvgIpc) is 2.37. The number of hydrogen-bond donors (Lipinski definition) is 0. The lowest BCUT2D eigenvalue weighted by atomic mass is 10.2. The van der Waals surface area contributed by atoms with Crippen molar-refractivity contribution >= 4 is 10.0 Å². The van der Waals surface area contributed by atoms with Gasteiger partial charge in [0.1, 0.15) is 0 Å². The van der Waals surface area contributed by atoms with E-state index < -0.39 is 26.7 Å². The summed E-state index contributed by atoms with van der Waals surface area (Å²) in [6.07, 6.45) is -2.13. The van der Waals surface area contributed by atoms with Crippen molar-refractivity contribution in [3.63, 3.8) is 0 Å². The van der Waals surface area contributed by atoms with Crippen molar-refractivity contribution in [1.82, 2.24) is 4.31 Å². The van der Waals surface area contributed by atoms with Gasteiger partial charge in [0.05, 0.1) is 10.5 Å². The molecule has 3 nitrogen and oxygen atoms in total. The fourth-order valence-electron chi connectivity index (χ4n) is 1.62. The van der Waals surface area contributed by atoms with E-state index in [0.29, 0.717) is 0 Å². The molecule has 0 amide bonds. The molecule has 1 rings (SSSR count). The quantitative estimate of drug-likeness (QED) is 0.758. The molecule has 0 fully saturated rings. The highest BCUT2D eigenvalue weighted by molar-refractivity contribution is 7.89. The lowest BCUT2D eigenvalue weighted by molar-refractivity contribution is -0.139. The van der Waals surface area contributed by atoms with E-state index in [9.17, 15) is 21.6 Å². The molecule has 0 saturated carbocycles. The topological polar surface area (TPSA) is 37.4 Å². The van der Waals surface area contributed by atoms with Crippen LogP contribution in [0.3, 0.4) is 0 Å². The van der Waals surface area contributed by atoms with Gasteiger partial charge in [0.2, 0.25) is 10.0 Å². The molecule has 0 bridgehead atoms. The Labute approximate surface area is 116 Å². The molecular weight excluding hydrogens is 291 g/mol. The molecule has 0 unspecified atom stereocenters. The van der Waals surface area contributed by atoms with E-state index in [-0.39, 0.29) is 13.1 Å². The summed E-state index contributed by atoms with van der Waals surface area (Å²) in [6, 6.07) is 4.08. The molecule has 0 aliphatic carbocycles. The van der Waals surface area contributed by atoms with Gasteiger partial charge in [-0.15, -0.1) is 13.2 Å². The molecule has 0 aliphatic heterocycles. The predicted octanol–water partition coefficient (Wildman–Crippen LogP) is 3.07. The molecule has 20 heavy (non-hydrogen) atoms. The normalized spacial score (nSPS) is 12.4. The predicted molar refractivity (Wildman–Crippen MR) is 70.6 cm³/mol. The van der Waals surface area contributed by atoms with Crippen LogP contribution in [0.15, 0.2) is 54.5 Å². The van der Waals surface area contributed by atoms with E-state index in [1.807, 2.05) is 0 Å². The lowest BCUT2D eigenvalue weighted by Crippen LogP contribution is -2.32. The van der Waals surface area contributed by atoms with Crippen molar-refractivity contribution in [2.75, 3.05) is 13.1 Å². The third-order valence-corrected chi connectivity index (χ3v) is 4.37. The van der Waals surface area contributed by atoms with Gasteiger partial charge in [-0.05, 0) is 12.1 Å². The van der Waals surface area contributed by atoms with Crippen LogP contribution in [0.2, 0.25) is 0 Å². The summed E-state index contributed by atoms with van der Waals surface area (Å²) in [7, 11) is -4.27. The summed E-state index contributed by atoms with van der Waals surface area (Å²) in [6.45, 7) is 6.60. The van der Waals surface area contributed by atoms with Crippen molar-refractivity contribution in [1.29, 1.82) is 0 Å². The van der Waals surface area contributed by atoms with Gasteiger partial charge < -0.3 is 0 Å². The number of benzene rings is 1. The van der Waals surface area contributed by atoms with Crippen LogP contribution in [0.1, 0.15) is 5.56 Å². The fraction of sp³-hybridized carbons (Fsp3) is 0.231. The smallest absolute Gasteiger partial charge is 0.207 e. The van der Waals surface area contributed by atoms with Crippen LogP contribution in [0, 0.1) is 0 Å². The largest absolute Gasteiger partial charge is 0.417 e. The van der Waals surface area contributed by atoms with E-state index >= 15 is 0 Å². The van der Waals surface area contributed by atoms with Gasteiger partial charge in [0.25, 0.3) is 0 Å². The summed E-state index contributed by atoms with van der Waals surface area (Å²) in [5, 5.41) is 0. The van der Waals surface area contributed by atoms with Crippen LogP contribution in [-0.2, 0) is 16.2 Å². The van der Waals surface area contributed by atoms with Crippen LogP contribution in [0.4, 0.5) is 13.2 Å². The zero-order chi connectivity index (χ0) is 15.4. The number of hydrogen-bond acceptors (Lipinski definition) is 2. The first-order valence-electron chi connectivity index (χ1n) is 5.63. The molecule has 0 saturated heterocycles. The molecule has 0 radical (unpaired) electrons. The monoisotopic (exact) mass is 305 g/mol. The van der Waals surface area contributed by atoms with Crippen molar-refractivity contribution in [3.05, 3.63) is 55.1 Å². The standard InChI is InChI=1S/C13H14F3NO2S/c1-3-9-17(10-4-2)20(18,19)12-8-6-5-7-11(12)13(14,15)16/h3-8H,1-2,9-10H2. The summed E-state index contributed by atoms with van der Waals surface area (Å²) in [5.74, 6) is 0. The first kappa shape index (κ1) is 16.5. The van der Waals surface area contributed by atoms with E-state index in [1.54, 1.807) is 0 Å². The first-order valence-corrected chi connectivity index (χ1v) is 7.07. The first-order chi connectivity index (χ1) is 9.25. The molecule has 7 heteroatoms. The average molecular weight is 305 g/mol. The molecular formula is C13H14F3NO2S. The van der Waals surface area contributed by atoms with Gasteiger partial charge >= 0.3 is 6.18 Å². The Morgan fingerprint density at radius 1 is 1.10 bits per heavy atom. The van der Waals surface area contributed by atoms with E-state index in [4.69, 9.17) is 0 Å². The Morgan fingerprint density at radius 3 is 2.05 bits per heavy atom. The van der Waals surface area contributed by atoms with Gasteiger partial charge in [0.15, 0.2) is 0 Å². The van der Waals surface area contributed by atoms with Crippen molar-refractivity contribution in [2.45, 2.75) is 11.1 Å². The summed E-state index contributed by atoms with van der Waals surface area (Å²) in [5.41, 5.74) is -1.18. The van der Waals surface area contributed by atoms with Gasteiger partial charge in [0, 0.05) is 13.1 Å². The summed E-state index contributed by atoms with van der Waals surface area (Å²) < 4.78 is 64.2. The van der Waals surface area contributed by atoms with Gasteiger partial charge in [-0.1, -0.05) is 24.3 Å². The lowest BCUT2D eigenvalue weighted by Gasteiger charge is -2.21. The summed E-state index contributed by atoms with van der Waals surface area (Å²) >= 11 is 0. The second-order valence-corrected chi connectivity index (χ2v) is 5.80. The highest BCUT2D eigenvalue weighted by Crippen LogP contribution is 2.35. The Kier molecular flexibility index (Phi) is 5.13. The Hall–Kier alpha value is -1.60. The zero-order valence-electron chi connectivity index (χ0n) is 10.6. The van der Waals surface area contributed by atoms with Crippen molar-refractivity contribution in [2.24, 2.45) is 0 Å². The van der Waals surface area contributed by atoms with Crippen LogP contribution in [-0.4, -0.2) is 25.8 Å². The highest BCUT2D eigenvalue weighted by Gasteiger charge is 2.38. The molecule has 0 atom stereocenters. The number of nitrogens with zero attached hydrogens (tertiary/aromatic N) is 1. The Bertz CT molecular complexity index is 584. The molecule has 0 heterocycles. The van der Waals surface area contributed by atoms with E-state index in [1.165, 1.54) is 18.2 Å². The highest BCUT2D eigenvalue weighted by atomic mass is 32.2. The molecule has 0 spiro atoms. The maximum Gasteiger partial charge on any atom is 0.417 e. The second-order valence-electron chi connectivity index (χ2n) is 3.89. The number of sulfonamides is 1. The van der Waals surface area contributed by atoms with Crippen molar-refractivity contribution in [3.8, 4) is 0 Å². The summed E-state index contributed by atoms with van der Waals surface area (Å²) in [4.78, 5) is -0.767. The van der Waals surface area contributed by atoms with Gasteiger partial charge in [-0.3, -0.25) is 0 Å². The third-order valence-electron chi connectivity index (χ3n) is 2.48. The van der Waals surface area contributed by atoms with Crippen molar-refractivity contribution < 1.29 is 21.6 Å². The maximum absolute atomic E-state index is 12.9. The van der Waals surface area contributed by atoms with Gasteiger partial charge in [-0.25, -0.2) is 8.42 Å². The third kappa shape index (κ3) is 3.49. The minimum absolute atomic E-state index is 0.0967. The number of halogens is 3. The molecule has 0 aromatic heterocycles. The Balaban J connectivity index is 3.41. The van der Waals surface area contributed by atoms with Crippen LogP contribution in [0.5, 0.6) is 0 Å². The van der Waals surface area contributed by atoms with Crippen LogP contribution >= 0.6 is 0 Å². The second kappa shape index (κ2) is 6.23. The molecule has 110 valence electrons. The minimum atomic E-state index is -4.74. The molecule has 1 aromatic carbocycles. The number of rotatable bonds is 6. The van der Waals surface area contributed by atoms with Gasteiger partial charge in [-0.2, -0.15) is 17.5 Å². The Morgan fingerprint density at radius 2 is 1.60 bits per heavy atom.